The number of esters is 1. The second kappa shape index (κ2) is 6.00. The minimum Gasteiger partial charge on any atom is -0.465 e. The van der Waals surface area contributed by atoms with E-state index in [0.717, 1.165) is 12.8 Å². The summed E-state index contributed by atoms with van der Waals surface area (Å²) in [6, 6.07) is 8.12. The number of carbonyl (C=O) groups excluding carboxylic acids is 2. The molecule has 3 heteroatoms. The lowest BCUT2D eigenvalue weighted by atomic mass is 9.89. The van der Waals surface area contributed by atoms with Crippen molar-refractivity contribution in [3.05, 3.63) is 35.4 Å². The third-order valence-electron chi connectivity index (χ3n) is 3.78. The van der Waals surface area contributed by atoms with E-state index >= 15 is 0 Å². The molecule has 0 saturated heterocycles. The normalized spacial score (nSPS) is 15.9. The Morgan fingerprint density at radius 3 is 2.26 bits per heavy atom. The molecule has 0 fully saturated rings. The molecule has 102 valence electrons. The topological polar surface area (TPSA) is 43.4 Å². The van der Waals surface area contributed by atoms with E-state index in [1.807, 2.05) is 19.1 Å². The van der Waals surface area contributed by atoms with Gasteiger partial charge in [-0.15, -0.1) is 0 Å². The summed E-state index contributed by atoms with van der Waals surface area (Å²) in [5.41, 5.74) is 2.47. The molecular formula is C16H20O3. The van der Waals surface area contributed by atoms with Gasteiger partial charge in [0.25, 0.3) is 0 Å². The highest BCUT2D eigenvalue weighted by Crippen LogP contribution is 2.29. The maximum atomic E-state index is 12.5. The van der Waals surface area contributed by atoms with Gasteiger partial charge in [-0.25, -0.2) is 0 Å². The molecule has 1 atom stereocenters. The number of Topliss-reactive ketones (excluding diaryl/α,β-unsaturated/α-hetero) is 1. The van der Waals surface area contributed by atoms with E-state index in [2.05, 4.69) is 12.1 Å². The first-order chi connectivity index (χ1) is 9.17. The van der Waals surface area contributed by atoms with Crippen LogP contribution in [0.25, 0.3) is 0 Å². The second-order valence-electron chi connectivity index (χ2n) is 4.99. The first-order valence-corrected chi connectivity index (χ1v) is 6.94. The molecular weight excluding hydrogens is 240 g/mol. The zero-order valence-electron chi connectivity index (χ0n) is 11.5. The fourth-order valence-corrected chi connectivity index (χ4v) is 2.77. The number of rotatable bonds is 5. The van der Waals surface area contributed by atoms with Gasteiger partial charge in [-0.3, -0.25) is 9.59 Å². The van der Waals surface area contributed by atoms with Crippen molar-refractivity contribution >= 4 is 11.8 Å². The molecule has 1 aliphatic rings. The summed E-state index contributed by atoms with van der Waals surface area (Å²) in [6.45, 7) is 3.95. The highest BCUT2D eigenvalue weighted by molar-refractivity contribution is 6.00. The Hall–Kier alpha value is -1.64. The van der Waals surface area contributed by atoms with E-state index in [1.165, 1.54) is 11.1 Å². The largest absolute Gasteiger partial charge is 0.465 e. The minimum absolute atomic E-state index is 0.0390. The zero-order valence-corrected chi connectivity index (χ0v) is 11.5. The van der Waals surface area contributed by atoms with Gasteiger partial charge in [0, 0.05) is 5.92 Å². The van der Waals surface area contributed by atoms with Gasteiger partial charge < -0.3 is 4.74 Å². The van der Waals surface area contributed by atoms with E-state index in [4.69, 9.17) is 4.74 Å². The third kappa shape index (κ3) is 2.86. The maximum Gasteiger partial charge on any atom is 0.316 e. The molecule has 3 nitrogen and oxygen atoms in total. The van der Waals surface area contributed by atoms with E-state index in [0.29, 0.717) is 13.0 Å². The first-order valence-electron chi connectivity index (χ1n) is 6.94. The van der Waals surface area contributed by atoms with Crippen LogP contribution in [-0.2, 0) is 27.2 Å². The van der Waals surface area contributed by atoms with Crippen molar-refractivity contribution in [1.82, 2.24) is 0 Å². The molecule has 0 aliphatic heterocycles. The van der Waals surface area contributed by atoms with Gasteiger partial charge in [-0.05, 0) is 37.3 Å². The molecule has 1 aromatic carbocycles. The summed E-state index contributed by atoms with van der Waals surface area (Å²) in [5.74, 6) is -0.992. The number of hydrogen-bond acceptors (Lipinski definition) is 3. The molecule has 1 unspecified atom stereocenters. The summed E-state index contributed by atoms with van der Waals surface area (Å²) >= 11 is 0. The summed E-state index contributed by atoms with van der Waals surface area (Å²) in [4.78, 5) is 24.3. The van der Waals surface area contributed by atoms with Crippen LogP contribution in [0.4, 0.5) is 0 Å². The van der Waals surface area contributed by atoms with Crippen LogP contribution < -0.4 is 0 Å². The monoisotopic (exact) mass is 260 g/mol. The first kappa shape index (κ1) is 13.8. The van der Waals surface area contributed by atoms with Gasteiger partial charge in [0.15, 0.2) is 5.78 Å². The SMILES string of the molecule is CCOC(=O)C(CC)C(=O)C1Cc2ccccc2C1. The minimum atomic E-state index is -0.598. The molecule has 0 radical (unpaired) electrons. The second-order valence-corrected chi connectivity index (χ2v) is 4.99. The lowest BCUT2D eigenvalue weighted by Gasteiger charge is -2.16. The van der Waals surface area contributed by atoms with Crippen LogP contribution in [0.1, 0.15) is 31.4 Å². The fourth-order valence-electron chi connectivity index (χ4n) is 2.77. The van der Waals surface area contributed by atoms with Crippen LogP contribution in [0.5, 0.6) is 0 Å². The van der Waals surface area contributed by atoms with Crippen molar-refractivity contribution in [2.45, 2.75) is 33.1 Å². The maximum absolute atomic E-state index is 12.5. The van der Waals surface area contributed by atoms with E-state index in [9.17, 15) is 9.59 Å². The Morgan fingerprint density at radius 2 is 1.79 bits per heavy atom. The third-order valence-corrected chi connectivity index (χ3v) is 3.78. The average Bonchev–Trinajstić information content (AvgIpc) is 2.83. The van der Waals surface area contributed by atoms with Crippen LogP contribution in [0, 0.1) is 11.8 Å². The average molecular weight is 260 g/mol. The van der Waals surface area contributed by atoms with Gasteiger partial charge >= 0.3 is 5.97 Å². The Morgan fingerprint density at radius 1 is 1.21 bits per heavy atom. The molecule has 0 heterocycles. The molecule has 19 heavy (non-hydrogen) atoms. The van der Waals surface area contributed by atoms with Gasteiger partial charge in [0.2, 0.25) is 0 Å². The van der Waals surface area contributed by atoms with Gasteiger partial charge in [-0.2, -0.15) is 0 Å². The smallest absolute Gasteiger partial charge is 0.316 e. The van der Waals surface area contributed by atoms with E-state index < -0.39 is 5.92 Å². The highest BCUT2D eigenvalue weighted by atomic mass is 16.5. The summed E-state index contributed by atoms with van der Waals surface area (Å²) < 4.78 is 4.99. The summed E-state index contributed by atoms with van der Waals surface area (Å²) in [6.07, 6.45) is 2.03. The van der Waals surface area contributed by atoms with E-state index in [1.54, 1.807) is 6.92 Å². The summed E-state index contributed by atoms with van der Waals surface area (Å²) in [5, 5.41) is 0. The predicted molar refractivity (Wildman–Crippen MR) is 72.8 cm³/mol. The van der Waals surface area contributed by atoms with Crippen LogP contribution in [0.2, 0.25) is 0 Å². The molecule has 0 spiro atoms. The zero-order chi connectivity index (χ0) is 13.8. The number of hydrogen-bond donors (Lipinski definition) is 0. The number of ketones is 1. The fraction of sp³-hybridized carbons (Fsp3) is 0.500. The van der Waals surface area contributed by atoms with Crippen molar-refractivity contribution in [3.8, 4) is 0 Å². The molecule has 1 aliphatic carbocycles. The number of carbonyl (C=O) groups is 2. The van der Waals surface area contributed by atoms with Crippen molar-refractivity contribution in [2.24, 2.45) is 11.8 Å². The molecule has 0 aromatic heterocycles. The number of benzene rings is 1. The van der Waals surface area contributed by atoms with Gasteiger partial charge in [-0.1, -0.05) is 31.2 Å². The quantitative estimate of drug-likeness (QED) is 0.603. The standard InChI is InChI=1S/C16H20O3/c1-3-14(16(18)19-4-2)15(17)13-9-11-7-5-6-8-12(11)10-13/h5-8,13-14H,3-4,9-10H2,1-2H3. The molecule has 1 aromatic rings. The predicted octanol–water partition coefficient (Wildman–Crippen LogP) is 2.56. The Kier molecular flexibility index (Phi) is 4.35. The van der Waals surface area contributed by atoms with Gasteiger partial charge in [0.05, 0.1) is 6.61 Å². The van der Waals surface area contributed by atoms with Crippen molar-refractivity contribution in [2.75, 3.05) is 6.61 Å². The van der Waals surface area contributed by atoms with Crippen LogP contribution in [0.3, 0.4) is 0 Å². The Labute approximate surface area is 114 Å². The van der Waals surface area contributed by atoms with Crippen molar-refractivity contribution in [3.63, 3.8) is 0 Å². The summed E-state index contributed by atoms with van der Waals surface area (Å²) in [7, 11) is 0. The van der Waals surface area contributed by atoms with E-state index in [-0.39, 0.29) is 17.7 Å². The van der Waals surface area contributed by atoms with Crippen LogP contribution in [-0.4, -0.2) is 18.4 Å². The van der Waals surface area contributed by atoms with Crippen molar-refractivity contribution < 1.29 is 14.3 Å². The van der Waals surface area contributed by atoms with Gasteiger partial charge in [0.1, 0.15) is 5.92 Å². The lowest BCUT2D eigenvalue weighted by Crippen LogP contribution is -2.31. The Bertz CT molecular complexity index is 454. The van der Waals surface area contributed by atoms with Crippen molar-refractivity contribution in [1.29, 1.82) is 0 Å². The highest BCUT2D eigenvalue weighted by Gasteiger charge is 2.35. The molecule has 0 bridgehead atoms. The molecule has 0 amide bonds. The number of ether oxygens (including phenoxy) is 1. The molecule has 0 N–H and O–H groups in total. The van der Waals surface area contributed by atoms with Crippen LogP contribution >= 0.6 is 0 Å². The number of fused-ring (bicyclic) bond motifs is 1. The van der Waals surface area contributed by atoms with Crippen LogP contribution in [0.15, 0.2) is 24.3 Å². The Balaban J connectivity index is 2.07. The molecule has 2 rings (SSSR count). The molecule has 0 saturated carbocycles. The lowest BCUT2D eigenvalue weighted by molar-refractivity contribution is -0.152.